The van der Waals surface area contributed by atoms with Crippen LogP contribution < -0.4 is 15.8 Å². The smallest absolute Gasteiger partial charge is 0.226 e. The number of aromatic nitrogens is 1. The third-order valence-corrected chi connectivity index (χ3v) is 5.18. The Balaban J connectivity index is 1.34. The molecule has 1 aliphatic rings. The van der Waals surface area contributed by atoms with E-state index in [0.29, 0.717) is 29.1 Å². The average Bonchev–Trinajstić information content (AvgIpc) is 2.73. The lowest BCUT2D eigenvalue weighted by atomic mass is 9.90. The number of nitrogens with zero attached hydrogens (tertiary/aromatic N) is 1. The Bertz CT molecular complexity index is 1000. The Morgan fingerprint density at radius 1 is 1.13 bits per heavy atom. The summed E-state index contributed by atoms with van der Waals surface area (Å²) in [7, 11) is 0. The van der Waals surface area contributed by atoms with Crippen molar-refractivity contribution in [1.29, 1.82) is 0 Å². The van der Waals surface area contributed by atoms with E-state index in [9.17, 15) is 9.18 Å². The van der Waals surface area contributed by atoms with Crippen LogP contribution in [0, 0.1) is 5.82 Å². The zero-order valence-corrected chi connectivity index (χ0v) is 16.6. The lowest BCUT2D eigenvalue weighted by molar-refractivity contribution is -0.120. The van der Waals surface area contributed by atoms with Crippen LogP contribution in [0.2, 0.25) is 0 Å². The number of halogens is 1. The van der Waals surface area contributed by atoms with E-state index in [2.05, 4.69) is 10.3 Å². The lowest BCUT2D eigenvalue weighted by Crippen LogP contribution is -2.43. The van der Waals surface area contributed by atoms with Crippen LogP contribution in [0.25, 0.3) is 11.1 Å². The van der Waals surface area contributed by atoms with Gasteiger partial charge in [-0.15, -0.1) is 0 Å². The summed E-state index contributed by atoms with van der Waals surface area (Å²) in [6.45, 7) is 0.476. The number of rotatable bonds is 7. The highest BCUT2D eigenvalue weighted by molar-refractivity contribution is 5.78. The number of hydrogen-bond acceptors (Lipinski definition) is 4. The quantitative estimate of drug-likeness (QED) is 0.630. The van der Waals surface area contributed by atoms with E-state index in [1.54, 1.807) is 30.5 Å². The van der Waals surface area contributed by atoms with Gasteiger partial charge in [-0.1, -0.05) is 36.4 Å². The summed E-state index contributed by atoms with van der Waals surface area (Å²) in [6, 6.07) is 18.3. The van der Waals surface area contributed by atoms with Crippen LogP contribution in [0.1, 0.15) is 24.1 Å². The summed E-state index contributed by atoms with van der Waals surface area (Å²) in [4.78, 5) is 16.5. The molecule has 0 radical (unpaired) electrons. The van der Waals surface area contributed by atoms with Crippen molar-refractivity contribution in [2.24, 2.45) is 5.73 Å². The second-order valence-corrected chi connectivity index (χ2v) is 7.59. The number of benzene rings is 2. The second-order valence-electron chi connectivity index (χ2n) is 7.59. The van der Waals surface area contributed by atoms with E-state index in [1.165, 1.54) is 6.07 Å². The molecule has 0 atom stereocenters. The van der Waals surface area contributed by atoms with Crippen molar-refractivity contribution in [1.82, 2.24) is 10.3 Å². The predicted octanol–water partition coefficient (Wildman–Crippen LogP) is 3.62. The maximum atomic E-state index is 14.6. The fourth-order valence-electron chi connectivity index (χ4n) is 3.41. The molecule has 4 rings (SSSR count). The standard InChI is InChI=1S/C24H24FN3O2/c25-23-13-20(30-21-10-18(26)11-21)8-9-22(23)17-6-7-19(27-15-17)12-24(29)28-14-16-4-2-1-3-5-16/h1-9,13,15,18,21H,10-12,14,26H2,(H,28,29). The molecule has 0 unspecified atom stereocenters. The van der Waals surface area contributed by atoms with Crippen molar-refractivity contribution in [2.75, 3.05) is 0 Å². The van der Waals surface area contributed by atoms with E-state index in [4.69, 9.17) is 10.5 Å². The largest absolute Gasteiger partial charge is 0.490 e. The van der Waals surface area contributed by atoms with E-state index < -0.39 is 0 Å². The molecule has 1 aliphatic carbocycles. The minimum absolute atomic E-state index is 0.0687. The van der Waals surface area contributed by atoms with Gasteiger partial charge < -0.3 is 15.8 Å². The van der Waals surface area contributed by atoms with Gasteiger partial charge in [0.25, 0.3) is 0 Å². The zero-order chi connectivity index (χ0) is 20.9. The van der Waals surface area contributed by atoms with Gasteiger partial charge in [0.05, 0.1) is 6.42 Å². The lowest BCUT2D eigenvalue weighted by Gasteiger charge is -2.32. The number of amides is 1. The predicted molar refractivity (Wildman–Crippen MR) is 113 cm³/mol. The molecule has 0 saturated heterocycles. The number of nitrogens with two attached hydrogens (primary N) is 1. The first-order valence-corrected chi connectivity index (χ1v) is 10.0. The first kappa shape index (κ1) is 20.0. The van der Waals surface area contributed by atoms with Gasteiger partial charge in [0.2, 0.25) is 5.91 Å². The summed E-state index contributed by atoms with van der Waals surface area (Å²) in [5.74, 6) is 0.0293. The zero-order valence-electron chi connectivity index (χ0n) is 16.6. The highest BCUT2D eigenvalue weighted by Crippen LogP contribution is 2.29. The molecule has 0 aliphatic heterocycles. The molecule has 1 aromatic heterocycles. The van der Waals surface area contributed by atoms with Crippen molar-refractivity contribution in [3.63, 3.8) is 0 Å². The molecule has 1 saturated carbocycles. The molecule has 1 heterocycles. The van der Waals surface area contributed by atoms with Gasteiger partial charge in [0.1, 0.15) is 17.7 Å². The van der Waals surface area contributed by atoms with Crippen LogP contribution in [-0.4, -0.2) is 23.0 Å². The Morgan fingerprint density at radius 2 is 1.93 bits per heavy atom. The third kappa shape index (κ3) is 5.02. The average molecular weight is 405 g/mol. The monoisotopic (exact) mass is 405 g/mol. The molecule has 0 spiro atoms. The van der Waals surface area contributed by atoms with Gasteiger partial charge in [0.15, 0.2) is 0 Å². The number of hydrogen-bond donors (Lipinski definition) is 2. The maximum absolute atomic E-state index is 14.6. The number of carbonyl (C=O) groups excluding carboxylic acids is 1. The first-order valence-electron chi connectivity index (χ1n) is 10.0. The first-order chi connectivity index (χ1) is 14.6. The summed E-state index contributed by atoms with van der Waals surface area (Å²) >= 11 is 0. The van der Waals surface area contributed by atoms with Gasteiger partial charge >= 0.3 is 0 Å². The molecular formula is C24H24FN3O2. The van der Waals surface area contributed by atoms with Crippen molar-refractivity contribution in [3.8, 4) is 16.9 Å². The second kappa shape index (κ2) is 9.05. The van der Waals surface area contributed by atoms with Crippen LogP contribution >= 0.6 is 0 Å². The van der Waals surface area contributed by atoms with Crippen LogP contribution in [0.4, 0.5) is 4.39 Å². The topological polar surface area (TPSA) is 77.2 Å². The molecule has 3 aromatic rings. The highest BCUT2D eigenvalue weighted by atomic mass is 19.1. The molecule has 30 heavy (non-hydrogen) atoms. The maximum Gasteiger partial charge on any atom is 0.226 e. The number of carbonyl (C=O) groups is 1. The van der Waals surface area contributed by atoms with E-state index in [-0.39, 0.29) is 30.3 Å². The fourth-order valence-corrected chi connectivity index (χ4v) is 3.41. The van der Waals surface area contributed by atoms with Gasteiger partial charge in [-0.3, -0.25) is 9.78 Å². The molecule has 1 fully saturated rings. The molecule has 154 valence electrons. The summed E-state index contributed by atoms with van der Waals surface area (Å²) in [5, 5.41) is 2.88. The number of pyridine rings is 1. The number of nitrogens with one attached hydrogen (secondary N) is 1. The van der Waals surface area contributed by atoms with Crippen molar-refractivity contribution < 1.29 is 13.9 Å². The van der Waals surface area contributed by atoms with Crippen molar-refractivity contribution in [2.45, 2.75) is 38.0 Å². The molecular weight excluding hydrogens is 381 g/mol. The summed E-state index contributed by atoms with van der Waals surface area (Å²) in [5.41, 5.74) is 8.52. The highest BCUT2D eigenvalue weighted by Gasteiger charge is 2.27. The Labute approximate surface area is 175 Å². The Morgan fingerprint density at radius 3 is 2.60 bits per heavy atom. The van der Waals surface area contributed by atoms with E-state index >= 15 is 0 Å². The van der Waals surface area contributed by atoms with Crippen LogP contribution in [-0.2, 0) is 17.8 Å². The van der Waals surface area contributed by atoms with Gasteiger partial charge in [-0.05, 0) is 36.6 Å². The van der Waals surface area contributed by atoms with E-state index in [0.717, 1.165) is 18.4 Å². The van der Waals surface area contributed by atoms with Crippen LogP contribution in [0.3, 0.4) is 0 Å². The minimum atomic E-state index is -0.369. The SMILES string of the molecule is NC1CC(Oc2ccc(-c3ccc(CC(=O)NCc4ccccc4)nc3)c(F)c2)C1. The Hall–Kier alpha value is -3.25. The summed E-state index contributed by atoms with van der Waals surface area (Å²) in [6.07, 6.45) is 3.43. The van der Waals surface area contributed by atoms with Gasteiger partial charge in [0, 0.05) is 41.7 Å². The van der Waals surface area contributed by atoms with Crippen molar-refractivity contribution >= 4 is 5.91 Å². The molecule has 2 aromatic carbocycles. The summed E-state index contributed by atoms with van der Waals surface area (Å²) < 4.78 is 20.3. The molecule has 5 nitrogen and oxygen atoms in total. The van der Waals surface area contributed by atoms with Crippen LogP contribution in [0.15, 0.2) is 66.9 Å². The molecule has 6 heteroatoms. The van der Waals surface area contributed by atoms with Gasteiger partial charge in [-0.25, -0.2) is 4.39 Å². The van der Waals surface area contributed by atoms with Crippen molar-refractivity contribution in [3.05, 3.63) is 83.9 Å². The molecule has 3 N–H and O–H groups in total. The molecule has 1 amide bonds. The fraction of sp³-hybridized carbons (Fsp3) is 0.250. The normalized spacial score (nSPS) is 17.8. The molecule has 0 bridgehead atoms. The van der Waals surface area contributed by atoms with E-state index in [1.807, 2.05) is 30.3 Å². The minimum Gasteiger partial charge on any atom is -0.490 e. The number of ether oxygens (including phenoxy) is 1. The third-order valence-electron chi connectivity index (χ3n) is 5.18. The van der Waals surface area contributed by atoms with Crippen LogP contribution in [0.5, 0.6) is 5.75 Å². The Kier molecular flexibility index (Phi) is 6.05. The van der Waals surface area contributed by atoms with Gasteiger partial charge in [-0.2, -0.15) is 0 Å².